The molecule has 2 rings (SSSR count). The molecule has 108 valence electrons. The Bertz CT molecular complexity index is 621. The van der Waals surface area contributed by atoms with E-state index < -0.39 is 11.4 Å². The van der Waals surface area contributed by atoms with Gasteiger partial charge in [0.05, 0.1) is 16.6 Å². The van der Waals surface area contributed by atoms with Crippen molar-refractivity contribution >= 4 is 28.7 Å². The van der Waals surface area contributed by atoms with Gasteiger partial charge < -0.3 is 16.5 Å². The van der Waals surface area contributed by atoms with E-state index in [1.165, 1.54) is 5.56 Å². The van der Waals surface area contributed by atoms with E-state index in [4.69, 9.17) is 11.5 Å². The van der Waals surface area contributed by atoms with E-state index in [2.05, 4.69) is 23.0 Å². The lowest BCUT2D eigenvalue weighted by Gasteiger charge is -2.19. The molecule has 5 N–H and O–H groups in total. The zero-order valence-corrected chi connectivity index (χ0v) is 12.6. The number of amides is 1. The van der Waals surface area contributed by atoms with E-state index >= 15 is 0 Å². The zero-order chi connectivity index (χ0) is 14.8. The molecule has 1 heterocycles. The molecule has 20 heavy (non-hydrogen) atoms. The smallest absolute Gasteiger partial charge is 0.237 e. The quantitative estimate of drug-likeness (QED) is 0.560. The molecule has 1 amide bonds. The fourth-order valence-corrected chi connectivity index (χ4v) is 2.73. The predicted octanol–water partition coefficient (Wildman–Crippen LogP) is 1.95. The summed E-state index contributed by atoms with van der Waals surface area (Å²) in [5.74, 6) is 0.389. The first-order valence-electron chi connectivity index (χ1n) is 6.56. The number of carbonyl (C=O) groups excluding carboxylic acids is 1. The average molecular weight is 292 g/mol. The maximum absolute atomic E-state index is 11.1. The van der Waals surface area contributed by atoms with Crippen LogP contribution in [0.2, 0.25) is 0 Å². The molecule has 5 nitrogen and oxygen atoms in total. The predicted molar refractivity (Wildman–Crippen MR) is 82.6 cm³/mol. The molecule has 2 aromatic rings. The Labute approximate surface area is 122 Å². The van der Waals surface area contributed by atoms with Crippen molar-refractivity contribution in [1.29, 1.82) is 0 Å². The van der Waals surface area contributed by atoms with E-state index in [1.807, 2.05) is 12.1 Å². The summed E-state index contributed by atoms with van der Waals surface area (Å²) in [6, 6.07) is 6.13. The largest absolute Gasteiger partial charge is 0.368 e. The minimum Gasteiger partial charge on any atom is -0.368 e. The highest BCUT2D eigenvalue weighted by molar-refractivity contribution is 7.99. The van der Waals surface area contributed by atoms with Crippen molar-refractivity contribution in [3.8, 4) is 0 Å². The van der Waals surface area contributed by atoms with Gasteiger partial charge in [-0.25, -0.2) is 4.98 Å². The molecule has 0 bridgehead atoms. The molecule has 0 aliphatic carbocycles. The molecule has 0 fully saturated rings. The normalized spacial score (nSPS) is 14.3. The van der Waals surface area contributed by atoms with Gasteiger partial charge in [0.25, 0.3) is 0 Å². The summed E-state index contributed by atoms with van der Waals surface area (Å²) in [6.45, 7) is 3.73. The number of hydrogen-bond acceptors (Lipinski definition) is 4. The molecule has 0 aliphatic heterocycles. The summed E-state index contributed by atoms with van der Waals surface area (Å²) >= 11 is 1.63. The molecule has 1 aromatic heterocycles. The van der Waals surface area contributed by atoms with Crippen molar-refractivity contribution in [2.24, 2.45) is 11.5 Å². The van der Waals surface area contributed by atoms with Gasteiger partial charge in [-0.1, -0.05) is 17.8 Å². The maximum atomic E-state index is 11.1. The first-order chi connectivity index (χ1) is 9.38. The lowest BCUT2D eigenvalue weighted by molar-refractivity contribution is -0.122. The highest BCUT2D eigenvalue weighted by atomic mass is 32.2. The number of carbonyl (C=O) groups is 1. The van der Waals surface area contributed by atoms with Gasteiger partial charge in [-0.2, -0.15) is 0 Å². The number of nitrogens with one attached hydrogen (secondary N) is 1. The molecule has 0 radical (unpaired) electrons. The van der Waals surface area contributed by atoms with Gasteiger partial charge in [0, 0.05) is 5.75 Å². The van der Waals surface area contributed by atoms with E-state index in [-0.39, 0.29) is 0 Å². The van der Waals surface area contributed by atoms with Gasteiger partial charge in [-0.15, -0.1) is 0 Å². The number of aryl methyl sites for hydroxylation is 1. The Morgan fingerprint density at radius 1 is 1.50 bits per heavy atom. The van der Waals surface area contributed by atoms with Crippen LogP contribution < -0.4 is 11.5 Å². The Morgan fingerprint density at radius 3 is 2.95 bits per heavy atom. The number of H-pyrrole nitrogens is 1. The molecular weight excluding hydrogens is 272 g/mol. The van der Waals surface area contributed by atoms with Crippen LogP contribution in [0.25, 0.3) is 11.0 Å². The topological polar surface area (TPSA) is 97.8 Å². The van der Waals surface area contributed by atoms with E-state index in [9.17, 15) is 4.79 Å². The highest BCUT2D eigenvalue weighted by Crippen LogP contribution is 2.22. The summed E-state index contributed by atoms with van der Waals surface area (Å²) in [4.78, 5) is 18.9. The molecule has 0 saturated heterocycles. The minimum absolute atomic E-state index is 0.457. The molecule has 0 aliphatic rings. The van der Waals surface area contributed by atoms with Gasteiger partial charge in [-0.05, 0) is 44.4 Å². The SMILES string of the molecule is Cc1ccc2nc(SCCCC(C)(N)C(N)=O)[nH]c2c1. The van der Waals surface area contributed by atoms with Gasteiger partial charge >= 0.3 is 0 Å². The lowest BCUT2D eigenvalue weighted by atomic mass is 9.97. The first kappa shape index (κ1) is 14.9. The molecule has 6 heteroatoms. The summed E-state index contributed by atoms with van der Waals surface area (Å²) in [5.41, 5.74) is 13.4. The van der Waals surface area contributed by atoms with E-state index in [1.54, 1.807) is 18.7 Å². The molecule has 1 unspecified atom stereocenters. The fourth-order valence-electron chi connectivity index (χ4n) is 1.90. The standard InChI is InChI=1S/C14H20N4OS/c1-9-4-5-10-11(8-9)18-13(17-10)20-7-3-6-14(2,16)12(15)19/h4-5,8H,3,6-7,16H2,1-2H3,(H2,15,19)(H,17,18). The van der Waals surface area contributed by atoms with Crippen LogP contribution >= 0.6 is 11.8 Å². The van der Waals surface area contributed by atoms with Crippen molar-refractivity contribution in [2.45, 2.75) is 37.4 Å². The Kier molecular flexibility index (Phi) is 4.35. The van der Waals surface area contributed by atoms with Crippen LogP contribution in [-0.2, 0) is 4.79 Å². The number of benzene rings is 1. The van der Waals surface area contributed by atoms with Crippen LogP contribution in [0.4, 0.5) is 0 Å². The fraction of sp³-hybridized carbons (Fsp3) is 0.429. The number of rotatable bonds is 6. The van der Waals surface area contributed by atoms with Gasteiger partial charge in [0.1, 0.15) is 0 Å². The highest BCUT2D eigenvalue weighted by Gasteiger charge is 2.24. The number of thioether (sulfide) groups is 1. The molecule has 1 atom stereocenters. The summed E-state index contributed by atoms with van der Waals surface area (Å²) in [5, 5.41) is 0.892. The van der Waals surface area contributed by atoms with Gasteiger partial charge in [0.2, 0.25) is 5.91 Å². The van der Waals surface area contributed by atoms with Crippen LogP contribution in [0.3, 0.4) is 0 Å². The monoisotopic (exact) mass is 292 g/mol. The molecule has 1 aromatic carbocycles. The van der Waals surface area contributed by atoms with Crippen LogP contribution in [0.15, 0.2) is 23.4 Å². The third kappa shape index (κ3) is 3.52. The van der Waals surface area contributed by atoms with Crippen molar-refractivity contribution in [1.82, 2.24) is 9.97 Å². The van der Waals surface area contributed by atoms with Gasteiger partial charge in [-0.3, -0.25) is 4.79 Å². The zero-order valence-electron chi connectivity index (χ0n) is 11.8. The average Bonchev–Trinajstić information content (AvgIpc) is 2.76. The summed E-state index contributed by atoms with van der Waals surface area (Å²) < 4.78 is 0. The summed E-state index contributed by atoms with van der Waals surface area (Å²) in [7, 11) is 0. The Morgan fingerprint density at radius 2 is 2.25 bits per heavy atom. The second kappa shape index (κ2) is 5.85. The Balaban J connectivity index is 1.89. The number of aromatic amines is 1. The van der Waals surface area contributed by atoms with Crippen LogP contribution in [0.1, 0.15) is 25.3 Å². The Hall–Kier alpha value is -1.53. The molecule has 0 spiro atoms. The second-order valence-electron chi connectivity index (χ2n) is 5.30. The second-order valence-corrected chi connectivity index (χ2v) is 6.38. The number of nitrogens with zero attached hydrogens (tertiary/aromatic N) is 1. The third-order valence-electron chi connectivity index (χ3n) is 3.26. The minimum atomic E-state index is -0.925. The van der Waals surface area contributed by atoms with Crippen molar-refractivity contribution in [2.75, 3.05) is 5.75 Å². The number of hydrogen-bond donors (Lipinski definition) is 3. The number of nitrogens with two attached hydrogens (primary N) is 2. The number of aromatic nitrogens is 2. The molecular formula is C14H20N4OS. The lowest BCUT2D eigenvalue weighted by Crippen LogP contribution is -2.49. The third-order valence-corrected chi connectivity index (χ3v) is 4.22. The number of fused-ring (bicyclic) bond motifs is 1. The van der Waals surface area contributed by atoms with Gasteiger partial charge in [0.15, 0.2) is 5.16 Å². The van der Waals surface area contributed by atoms with E-state index in [0.717, 1.165) is 28.4 Å². The van der Waals surface area contributed by atoms with Crippen LogP contribution in [-0.4, -0.2) is 27.2 Å². The van der Waals surface area contributed by atoms with E-state index in [0.29, 0.717) is 6.42 Å². The number of imidazole rings is 1. The number of primary amides is 1. The van der Waals surface area contributed by atoms with Crippen LogP contribution in [0, 0.1) is 6.92 Å². The summed E-state index contributed by atoms with van der Waals surface area (Å²) in [6.07, 6.45) is 1.39. The first-order valence-corrected chi connectivity index (χ1v) is 7.55. The maximum Gasteiger partial charge on any atom is 0.237 e. The van der Waals surface area contributed by atoms with Crippen molar-refractivity contribution < 1.29 is 4.79 Å². The van der Waals surface area contributed by atoms with Crippen LogP contribution in [0.5, 0.6) is 0 Å². The van der Waals surface area contributed by atoms with Crippen molar-refractivity contribution in [3.05, 3.63) is 23.8 Å². The molecule has 0 saturated carbocycles. The van der Waals surface area contributed by atoms with Crippen molar-refractivity contribution in [3.63, 3.8) is 0 Å².